The minimum Gasteiger partial charge on any atom is -0.324 e. The number of hydrogen-bond donors (Lipinski definition) is 1. The first kappa shape index (κ1) is 18.6. The predicted octanol–water partition coefficient (Wildman–Crippen LogP) is 2.34. The Kier molecular flexibility index (Phi) is 5.56. The molecular formula is C18H23N3O4. The van der Waals surface area contributed by atoms with Gasteiger partial charge < -0.3 is 5.32 Å². The van der Waals surface area contributed by atoms with Crippen LogP contribution in [0.4, 0.5) is 10.5 Å². The molecule has 2 rings (SSSR count). The Hall–Kier alpha value is -2.70. The molecule has 1 atom stereocenters. The van der Waals surface area contributed by atoms with Crippen LogP contribution in [0.5, 0.6) is 0 Å². The Balaban J connectivity index is 2.13. The van der Waals surface area contributed by atoms with Crippen molar-refractivity contribution in [3.63, 3.8) is 0 Å². The van der Waals surface area contributed by atoms with Crippen LogP contribution < -0.4 is 5.32 Å². The quantitative estimate of drug-likeness (QED) is 0.633. The molecule has 1 aliphatic heterocycles. The first-order chi connectivity index (χ1) is 11.8. The lowest BCUT2D eigenvalue weighted by molar-refractivity contribution is -0.144. The molecule has 1 aromatic rings. The second kappa shape index (κ2) is 7.46. The van der Waals surface area contributed by atoms with Gasteiger partial charge in [-0.15, -0.1) is 0 Å². The summed E-state index contributed by atoms with van der Waals surface area (Å²) in [5.74, 6) is -2.13. The highest BCUT2D eigenvalue weighted by atomic mass is 16.2. The van der Waals surface area contributed by atoms with E-state index in [9.17, 15) is 19.2 Å². The smallest absolute Gasteiger partial charge is 0.324 e. The summed E-state index contributed by atoms with van der Waals surface area (Å²) in [7, 11) is 0. The van der Waals surface area contributed by atoms with Crippen molar-refractivity contribution in [3.8, 4) is 0 Å². The van der Waals surface area contributed by atoms with Gasteiger partial charge >= 0.3 is 17.8 Å². The average Bonchev–Trinajstić information content (AvgIpc) is 2.78. The second-order valence-corrected chi connectivity index (χ2v) is 6.39. The van der Waals surface area contributed by atoms with Gasteiger partial charge in [-0.1, -0.05) is 32.0 Å². The number of anilines is 1. The molecule has 25 heavy (non-hydrogen) atoms. The first-order valence-corrected chi connectivity index (χ1v) is 8.35. The van der Waals surface area contributed by atoms with Gasteiger partial charge in [0.15, 0.2) is 0 Å². The molecule has 0 spiro atoms. The number of rotatable bonds is 6. The number of nitrogens with one attached hydrogen (secondary N) is 1. The van der Waals surface area contributed by atoms with Crippen molar-refractivity contribution >= 4 is 29.4 Å². The van der Waals surface area contributed by atoms with Gasteiger partial charge in [-0.3, -0.25) is 19.3 Å². The first-order valence-electron chi connectivity index (χ1n) is 8.35. The third-order valence-electron chi connectivity index (χ3n) is 4.28. The highest BCUT2D eigenvalue weighted by Gasteiger charge is 2.46. The average molecular weight is 345 g/mol. The Labute approximate surface area is 147 Å². The van der Waals surface area contributed by atoms with E-state index in [4.69, 9.17) is 0 Å². The standard InChI is InChI=1S/C18H23N3O4/c1-5-12(4)13-8-6-7-9-14(13)19-15(22)10-20-16(23)17(24)21(11(2)3)18(20)25/h6-9,11-12H,5,10H2,1-4H3,(H,19,22)/t12-/m0/s1. The van der Waals surface area contributed by atoms with Gasteiger partial charge in [-0.05, 0) is 37.8 Å². The van der Waals surface area contributed by atoms with Crippen LogP contribution in [-0.2, 0) is 14.4 Å². The molecule has 0 bridgehead atoms. The number of benzene rings is 1. The van der Waals surface area contributed by atoms with Crippen molar-refractivity contribution in [2.75, 3.05) is 11.9 Å². The highest BCUT2D eigenvalue weighted by Crippen LogP contribution is 2.26. The van der Waals surface area contributed by atoms with Gasteiger partial charge in [0.05, 0.1) is 0 Å². The van der Waals surface area contributed by atoms with Crippen LogP contribution in [0.25, 0.3) is 0 Å². The summed E-state index contributed by atoms with van der Waals surface area (Å²) in [5.41, 5.74) is 1.63. The van der Waals surface area contributed by atoms with Crippen LogP contribution in [0.15, 0.2) is 24.3 Å². The minimum absolute atomic E-state index is 0.254. The largest absolute Gasteiger partial charge is 0.334 e. The molecule has 1 heterocycles. The fraction of sp³-hybridized carbons (Fsp3) is 0.444. The van der Waals surface area contributed by atoms with E-state index in [1.54, 1.807) is 26.0 Å². The van der Waals surface area contributed by atoms with Crippen molar-refractivity contribution in [3.05, 3.63) is 29.8 Å². The molecule has 134 valence electrons. The number of urea groups is 1. The maximum atomic E-state index is 12.3. The Morgan fingerprint density at radius 3 is 2.28 bits per heavy atom. The van der Waals surface area contributed by atoms with E-state index in [2.05, 4.69) is 19.2 Å². The summed E-state index contributed by atoms with van der Waals surface area (Å²) >= 11 is 0. The van der Waals surface area contributed by atoms with E-state index < -0.39 is 36.3 Å². The lowest BCUT2D eigenvalue weighted by atomic mass is 9.97. The summed E-state index contributed by atoms with van der Waals surface area (Å²) in [5, 5.41) is 2.74. The van der Waals surface area contributed by atoms with E-state index in [-0.39, 0.29) is 5.92 Å². The fourth-order valence-electron chi connectivity index (χ4n) is 2.71. The van der Waals surface area contributed by atoms with Gasteiger partial charge in [0.2, 0.25) is 5.91 Å². The molecule has 1 fully saturated rings. The molecular weight excluding hydrogens is 322 g/mol. The summed E-state index contributed by atoms with van der Waals surface area (Å²) in [6.45, 7) is 6.89. The van der Waals surface area contributed by atoms with E-state index in [0.717, 1.165) is 16.9 Å². The van der Waals surface area contributed by atoms with Crippen LogP contribution in [0.1, 0.15) is 45.6 Å². The van der Waals surface area contributed by atoms with E-state index in [0.29, 0.717) is 10.6 Å². The molecule has 1 aliphatic rings. The number of nitrogens with zero attached hydrogens (tertiary/aromatic N) is 2. The molecule has 1 saturated heterocycles. The Morgan fingerprint density at radius 1 is 1.08 bits per heavy atom. The number of imide groups is 2. The fourth-order valence-corrected chi connectivity index (χ4v) is 2.71. The highest BCUT2D eigenvalue weighted by molar-refractivity contribution is 6.45. The number of para-hydroxylation sites is 1. The minimum atomic E-state index is -0.968. The zero-order valence-corrected chi connectivity index (χ0v) is 14.9. The van der Waals surface area contributed by atoms with Gasteiger partial charge in [0.25, 0.3) is 0 Å². The topological polar surface area (TPSA) is 86.8 Å². The monoisotopic (exact) mass is 345 g/mol. The van der Waals surface area contributed by atoms with E-state index >= 15 is 0 Å². The number of hydrogen-bond acceptors (Lipinski definition) is 4. The number of carbonyl (C=O) groups is 4. The molecule has 7 heteroatoms. The van der Waals surface area contributed by atoms with Crippen molar-refractivity contribution in [1.82, 2.24) is 9.80 Å². The van der Waals surface area contributed by atoms with Crippen LogP contribution >= 0.6 is 0 Å². The van der Waals surface area contributed by atoms with Crippen LogP contribution in [0.2, 0.25) is 0 Å². The molecule has 0 unspecified atom stereocenters. The van der Waals surface area contributed by atoms with Crippen molar-refractivity contribution in [2.24, 2.45) is 0 Å². The normalized spacial score (nSPS) is 16.0. The molecule has 0 aromatic heterocycles. The SMILES string of the molecule is CC[C@H](C)c1ccccc1NC(=O)CN1C(=O)C(=O)N(C(C)C)C1=O. The Morgan fingerprint density at radius 2 is 1.72 bits per heavy atom. The Bertz CT molecular complexity index is 714. The summed E-state index contributed by atoms with van der Waals surface area (Å²) in [6, 6.07) is 6.21. The number of carbonyl (C=O) groups excluding carboxylic acids is 4. The lowest BCUT2D eigenvalue weighted by Gasteiger charge is -2.19. The predicted molar refractivity (Wildman–Crippen MR) is 92.9 cm³/mol. The van der Waals surface area contributed by atoms with E-state index in [1.165, 1.54) is 0 Å². The molecule has 1 aromatic carbocycles. The summed E-state index contributed by atoms with van der Waals surface area (Å²) in [6.07, 6.45) is 0.911. The summed E-state index contributed by atoms with van der Waals surface area (Å²) in [4.78, 5) is 49.9. The van der Waals surface area contributed by atoms with Crippen LogP contribution in [0.3, 0.4) is 0 Å². The van der Waals surface area contributed by atoms with Crippen molar-refractivity contribution in [2.45, 2.75) is 46.1 Å². The molecule has 0 radical (unpaired) electrons. The van der Waals surface area contributed by atoms with Crippen molar-refractivity contribution in [1.29, 1.82) is 0 Å². The van der Waals surface area contributed by atoms with Gasteiger partial charge in [-0.2, -0.15) is 0 Å². The number of amides is 5. The van der Waals surface area contributed by atoms with Crippen LogP contribution in [-0.4, -0.2) is 46.1 Å². The summed E-state index contributed by atoms with van der Waals surface area (Å²) < 4.78 is 0. The molecule has 7 nitrogen and oxygen atoms in total. The zero-order chi connectivity index (χ0) is 18.7. The van der Waals surface area contributed by atoms with Crippen molar-refractivity contribution < 1.29 is 19.2 Å². The third kappa shape index (κ3) is 3.70. The van der Waals surface area contributed by atoms with Gasteiger partial charge in [0, 0.05) is 11.7 Å². The molecule has 1 N–H and O–H groups in total. The molecule has 0 aliphatic carbocycles. The molecule has 5 amide bonds. The maximum absolute atomic E-state index is 12.3. The second-order valence-electron chi connectivity index (χ2n) is 6.39. The lowest BCUT2D eigenvalue weighted by Crippen LogP contribution is -2.40. The third-order valence-corrected chi connectivity index (χ3v) is 4.28. The molecule has 0 saturated carbocycles. The van der Waals surface area contributed by atoms with Crippen LogP contribution in [0, 0.1) is 0 Å². The van der Waals surface area contributed by atoms with Gasteiger partial charge in [0.1, 0.15) is 6.54 Å². The van der Waals surface area contributed by atoms with Gasteiger partial charge in [-0.25, -0.2) is 9.69 Å². The zero-order valence-electron chi connectivity index (χ0n) is 14.9. The van der Waals surface area contributed by atoms with E-state index in [1.807, 2.05) is 12.1 Å². The maximum Gasteiger partial charge on any atom is 0.334 e.